The molecule has 3 atom stereocenters. The van der Waals surface area contributed by atoms with Crippen molar-refractivity contribution in [2.75, 3.05) is 20.3 Å². The van der Waals surface area contributed by atoms with Gasteiger partial charge in [0.1, 0.15) is 0 Å². The Bertz CT molecular complexity index is 302. The number of nitrogens with zero attached hydrogens (tertiary/aromatic N) is 1. The van der Waals surface area contributed by atoms with Gasteiger partial charge in [-0.1, -0.05) is 13.3 Å². The van der Waals surface area contributed by atoms with Crippen LogP contribution in [0.25, 0.3) is 0 Å². The standard InChI is InChI=1S/C15H27NO3/c1-3-11-4-5-13(15(17)18)14(10-11)16(2)12-6-8-19-9-7-12/h11-14H,3-10H2,1-2H3,(H,17,18). The van der Waals surface area contributed by atoms with Crippen molar-refractivity contribution in [3.63, 3.8) is 0 Å². The van der Waals surface area contributed by atoms with E-state index in [9.17, 15) is 9.90 Å². The van der Waals surface area contributed by atoms with Crippen molar-refractivity contribution >= 4 is 5.97 Å². The molecule has 0 spiro atoms. The van der Waals surface area contributed by atoms with Gasteiger partial charge >= 0.3 is 5.97 Å². The highest BCUT2D eigenvalue weighted by Crippen LogP contribution is 2.35. The summed E-state index contributed by atoms with van der Waals surface area (Å²) in [5, 5.41) is 9.46. The van der Waals surface area contributed by atoms with Gasteiger partial charge in [0.2, 0.25) is 0 Å². The number of hydrogen-bond acceptors (Lipinski definition) is 3. The van der Waals surface area contributed by atoms with Gasteiger partial charge in [-0.3, -0.25) is 9.69 Å². The van der Waals surface area contributed by atoms with E-state index >= 15 is 0 Å². The maximum atomic E-state index is 11.5. The number of rotatable bonds is 4. The van der Waals surface area contributed by atoms with E-state index in [0.29, 0.717) is 12.0 Å². The maximum absolute atomic E-state index is 11.5. The molecule has 1 aliphatic heterocycles. The molecular weight excluding hydrogens is 242 g/mol. The average molecular weight is 269 g/mol. The van der Waals surface area contributed by atoms with Gasteiger partial charge < -0.3 is 9.84 Å². The largest absolute Gasteiger partial charge is 0.481 e. The first-order valence-corrected chi connectivity index (χ1v) is 7.66. The second-order valence-corrected chi connectivity index (χ2v) is 6.11. The van der Waals surface area contributed by atoms with Gasteiger partial charge in [0.15, 0.2) is 0 Å². The highest BCUT2D eigenvalue weighted by atomic mass is 16.5. The number of carbonyl (C=O) groups is 1. The highest BCUT2D eigenvalue weighted by Gasteiger charge is 2.38. The number of aliphatic carboxylic acids is 1. The lowest BCUT2D eigenvalue weighted by Crippen LogP contribution is -2.50. The molecule has 0 bridgehead atoms. The third kappa shape index (κ3) is 3.48. The van der Waals surface area contributed by atoms with Crippen molar-refractivity contribution in [2.24, 2.45) is 11.8 Å². The molecule has 0 aromatic rings. The van der Waals surface area contributed by atoms with Crippen LogP contribution in [0.3, 0.4) is 0 Å². The lowest BCUT2D eigenvalue weighted by atomic mass is 9.76. The summed E-state index contributed by atoms with van der Waals surface area (Å²) in [6.07, 6.45) is 6.20. The van der Waals surface area contributed by atoms with Crippen LogP contribution in [-0.2, 0) is 9.53 Å². The molecule has 1 saturated carbocycles. The second-order valence-electron chi connectivity index (χ2n) is 6.11. The molecule has 1 aliphatic carbocycles. The third-order valence-electron chi connectivity index (χ3n) is 5.11. The van der Waals surface area contributed by atoms with Gasteiger partial charge in [-0.05, 0) is 45.1 Å². The van der Waals surface area contributed by atoms with Gasteiger partial charge in [-0.15, -0.1) is 0 Å². The minimum absolute atomic E-state index is 0.185. The van der Waals surface area contributed by atoms with Gasteiger partial charge in [-0.2, -0.15) is 0 Å². The Hall–Kier alpha value is -0.610. The van der Waals surface area contributed by atoms with Gasteiger partial charge in [0, 0.05) is 25.3 Å². The number of carboxylic acid groups (broad SMARTS) is 1. The normalized spacial score (nSPS) is 33.5. The topological polar surface area (TPSA) is 49.8 Å². The lowest BCUT2D eigenvalue weighted by molar-refractivity contribution is -0.147. The van der Waals surface area contributed by atoms with E-state index in [-0.39, 0.29) is 12.0 Å². The first kappa shape index (κ1) is 14.8. The van der Waals surface area contributed by atoms with E-state index < -0.39 is 5.97 Å². The monoisotopic (exact) mass is 269 g/mol. The van der Waals surface area contributed by atoms with E-state index in [1.165, 1.54) is 6.42 Å². The van der Waals surface area contributed by atoms with Crippen LogP contribution in [0.5, 0.6) is 0 Å². The van der Waals surface area contributed by atoms with Crippen LogP contribution >= 0.6 is 0 Å². The van der Waals surface area contributed by atoms with Gasteiger partial charge in [0.25, 0.3) is 0 Å². The summed E-state index contributed by atoms with van der Waals surface area (Å²) in [7, 11) is 2.12. The average Bonchev–Trinajstić information content (AvgIpc) is 2.46. The maximum Gasteiger partial charge on any atom is 0.308 e. The fraction of sp³-hybridized carbons (Fsp3) is 0.933. The van der Waals surface area contributed by atoms with E-state index in [4.69, 9.17) is 4.74 Å². The molecule has 0 radical (unpaired) electrons. The number of ether oxygens (including phenoxy) is 1. The predicted molar refractivity (Wildman–Crippen MR) is 74.1 cm³/mol. The summed E-state index contributed by atoms with van der Waals surface area (Å²) in [4.78, 5) is 13.8. The molecule has 2 aliphatic rings. The molecular formula is C15H27NO3. The second kappa shape index (κ2) is 6.71. The molecule has 0 aromatic heterocycles. The SMILES string of the molecule is CCC1CCC(C(=O)O)C(N(C)C2CCOCC2)C1. The molecule has 2 fully saturated rings. The first-order chi connectivity index (χ1) is 9.13. The molecule has 2 rings (SSSR count). The zero-order valence-electron chi connectivity index (χ0n) is 12.2. The van der Waals surface area contributed by atoms with Crippen molar-refractivity contribution < 1.29 is 14.6 Å². The van der Waals surface area contributed by atoms with Crippen molar-refractivity contribution in [1.82, 2.24) is 4.90 Å². The molecule has 1 N–H and O–H groups in total. The Morgan fingerprint density at radius 3 is 2.53 bits per heavy atom. The van der Waals surface area contributed by atoms with Gasteiger partial charge in [-0.25, -0.2) is 0 Å². The van der Waals surface area contributed by atoms with E-state index in [2.05, 4.69) is 18.9 Å². The quantitative estimate of drug-likeness (QED) is 0.851. The lowest BCUT2D eigenvalue weighted by Gasteiger charge is -2.43. The van der Waals surface area contributed by atoms with Crippen LogP contribution in [0, 0.1) is 11.8 Å². The van der Waals surface area contributed by atoms with Crippen LogP contribution < -0.4 is 0 Å². The van der Waals surface area contributed by atoms with Gasteiger partial charge in [0.05, 0.1) is 5.92 Å². The summed E-state index contributed by atoms with van der Waals surface area (Å²) in [5.41, 5.74) is 0. The van der Waals surface area contributed by atoms with Crippen LogP contribution in [-0.4, -0.2) is 48.3 Å². The van der Waals surface area contributed by atoms with Crippen molar-refractivity contribution in [3.8, 4) is 0 Å². The zero-order chi connectivity index (χ0) is 13.8. The third-order valence-corrected chi connectivity index (χ3v) is 5.11. The van der Waals surface area contributed by atoms with E-state index in [0.717, 1.165) is 45.3 Å². The summed E-state index contributed by atoms with van der Waals surface area (Å²) >= 11 is 0. The number of carboxylic acids is 1. The van der Waals surface area contributed by atoms with Crippen LogP contribution in [0.15, 0.2) is 0 Å². The van der Waals surface area contributed by atoms with Crippen LogP contribution in [0.2, 0.25) is 0 Å². The Morgan fingerprint density at radius 1 is 1.26 bits per heavy atom. The molecule has 0 amide bonds. The number of hydrogen-bond donors (Lipinski definition) is 1. The fourth-order valence-electron chi connectivity index (χ4n) is 3.70. The molecule has 19 heavy (non-hydrogen) atoms. The fourth-order valence-corrected chi connectivity index (χ4v) is 3.70. The molecule has 110 valence electrons. The molecule has 1 heterocycles. The van der Waals surface area contributed by atoms with E-state index in [1.807, 2.05) is 0 Å². The minimum atomic E-state index is -0.613. The molecule has 0 aromatic carbocycles. The Balaban J connectivity index is 2.04. The summed E-state index contributed by atoms with van der Waals surface area (Å²) < 4.78 is 5.41. The van der Waals surface area contributed by atoms with Crippen molar-refractivity contribution in [2.45, 2.75) is 57.5 Å². The first-order valence-electron chi connectivity index (χ1n) is 7.66. The zero-order valence-corrected chi connectivity index (χ0v) is 12.2. The molecule has 3 unspecified atom stereocenters. The molecule has 4 nitrogen and oxygen atoms in total. The summed E-state index contributed by atoms with van der Waals surface area (Å²) in [6.45, 7) is 3.85. The van der Waals surface area contributed by atoms with E-state index in [1.54, 1.807) is 0 Å². The highest BCUT2D eigenvalue weighted by molar-refractivity contribution is 5.71. The van der Waals surface area contributed by atoms with Crippen molar-refractivity contribution in [3.05, 3.63) is 0 Å². The summed E-state index contributed by atoms with van der Waals surface area (Å²) in [6, 6.07) is 0.704. The van der Waals surface area contributed by atoms with Crippen LogP contribution in [0.1, 0.15) is 45.4 Å². The van der Waals surface area contributed by atoms with Crippen LogP contribution in [0.4, 0.5) is 0 Å². The Morgan fingerprint density at radius 2 is 1.95 bits per heavy atom. The molecule has 4 heteroatoms. The Kier molecular flexibility index (Phi) is 5.22. The van der Waals surface area contributed by atoms with Crippen molar-refractivity contribution in [1.29, 1.82) is 0 Å². The Labute approximate surface area is 116 Å². The smallest absolute Gasteiger partial charge is 0.308 e. The summed E-state index contributed by atoms with van der Waals surface area (Å²) in [5.74, 6) is -0.100. The predicted octanol–water partition coefficient (Wildman–Crippen LogP) is 2.38. The molecule has 1 saturated heterocycles. The minimum Gasteiger partial charge on any atom is -0.481 e.